The summed E-state index contributed by atoms with van der Waals surface area (Å²) in [6.07, 6.45) is -3.73. The summed E-state index contributed by atoms with van der Waals surface area (Å²) in [4.78, 5) is 21.3. The van der Waals surface area contributed by atoms with E-state index < -0.39 is 17.9 Å². The Bertz CT molecular complexity index is 233. The lowest BCUT2D eigenvalue weighted by molar-refractivity contribution is -0.181. The SMILES string of the molecule is CC(=O)CCCCC(C(C)=O)C(F)(F)F. The molecule has 0 rings (SSSR count). The van der Waals surface area contributed by atoms with E-state index in [4.69, 9.17) is 0 Å². The number of halogens is 3. The molecule has 0 aromatic carbocycles. The van der Waals surface area contributed by atoms with E-state index in [0.29, 0.717) is 6.42 Å². The average Bonchev–Trinajstić information content (AvgIpc) is 1.99. The Hall–Kier alpha value is -0.870. The zero-order valence-corrected chi connectivity index (χ0v) is 8.86. The summed E-state index contributed by atoms with van der Waals surface area (Å²) in [5.74, 6) is -2.77. The van der Waals surface area contributed by atoms with Gasteiger partial charge in [-0.1, -0.05) is 6.42 Å². The highest BCUT2D eigenvalue weighted by molar-refractivity contribution is 5.79. The van der Waals surface area contributed by atoms with Gasteiger partial charge in [-0.05, 0) is 26.7 Å². The Labute approximate surface area is 86.8 Å². The molecule has 0 aromatic heterocycles. The van der Waals surface area contributed by atoms with Crippen LogP contribution in [0.25, 0.3) is 0 Å². The minimum absolute atomic E-state index is 0.0404. The first kappa shape index (κ1) is 14.1. The molecular weight excluding hydrogens is 209 g/mol. The number of alkyl halides is 3. The van der Waals surface area contributed by atoms with Crippen LogP contribution in [0.4, 0.5) is 13.2 Å². The van der Waals surface area contributed by atoms with Gasteiger partial charge < -0.3 is 4.79 Å². The first-order valence-corrected chi connectivity index (χ1v) is 4.81. The van der Waals surface area contributed by atoms with Crippen molar-refractivity contribution in [2.24, 2.45) is 5.92 Å². The first-order chi connectivity index (χ1) is 6.75. The monoisotopic (exact) mass is 224 g/mol. The maximum Gasteiger partial charge on any atom is 0.398 e. The number of rotatable bonds is 6. The van der Waals surface area contributed by atoms with Gasteiger partial charge in [-0.2, -0.15) is 13.2 Å². The van der Waals surface area contributed by atoms with Gasteiger partial charge in [0.05, 0.1) is 0 Å². The van der Waals surface area contributed by atoms with Crippen molar-refractivity contribution < 1.29 is 22.8 Å². The van der Waals surface area contributed by atoms with Gasteiger partial charge in [0, 0.05) is 6.42 Å². The molecule has 15 heavy (non-hydrogen) atoms. The second kappa shape index (κ2) is 5.88. The summed E-state index contributed by atoms with van der Waals surface area (Å²) in [6, 6.07) is 0. The third-order valence-corrected chi connectivity index (χ3v) is 2.16. The molecule has 0 bridgehead atoms. The van der Waals surface area contributed by atoms with Crippen LogP contribution in [-0.2, 0) is 9.59 Å². The normalized spacial score (nSPS) is 13.7. The molecule has 2 nitrogen and oxygen atoms in total. The predicted molar refractivity (Wildman–Crippen MR) is 49.4 cm³/mol. The van der Waals surface area contributed by atoms with E-state index in [-0.39, 0.29) is 25.0 Å². The molecule has 0 spiro atoms. The Morgan fingerprint density at radius 1 is 1.13 bits per heavy atom. The smallest absolute Gasteiger partial charge is 0.300 e. The Kier molecular flexibility index (Phi) is 5.54. The minimum Gasteiger partial charge on any atom is -0.300 e. The molecule has 0 heterocycles. The van der Waals surface area contributed by atoms with Crippen LogP contribution in [0.5, 0.6) is 0 Å². The Morgan fingerprint density at radius 2 is 1.67 bits per heavy atom. The van der Waals surface area contributed by atoms with E-state index in [0.717, 1.165) is 6.92 Å². The fourth-order valence-electron chi connectivity index (χ4n) is 1.32. The standard InChI is InChI=1S/C10H15F3O2/c1-7(14)5-3-4-6-9(8(2)15)10(11,12)13/h9H,3-6H2,1-2H3. The van der Waals surface area contributed by atoms with Crippen LogP contribution < -0.4 is 0 Å². The number of carbonyl (C=O) groups is 2. The summed E-state index contributed by atoms with van der Waals surface area (Å²) in [7, 11) is 0. The van der Waals surface area contributed by atoms with Crippen LogP contribution in [0.1, 0.15) is 39.5 Å². The number of hydrogen-bond acceptors (Lipinski definition) is 2. The van der Waals surface area contributed by atoms with E-state index in [9.17, 15) is 22.8 Å². The summed E-state index contributed by atoms with van der Waals surface area (Å²) in [6.45, 7) is 2.34. The van der Waals surface area contributed by atoms with Crippen molar-refractivity contribution in [3.63, 3.8) is 0 Å². The zero-order chi connectivity index (χ0) is 12.1. The van der Waals surface area contributed by atoms with Gasteiger partial charge in [-0.15, -0.1) is 0 Å². The number of carbonyl (C=O) groups excluding carboxylic acids is 2. The molecular formula is C10H15F3O2. The van der Waals surface area contributed by atoms with Crippen molar-refractivity contribution in [1.29, 1.82) is 0 Å². The molecule has 0 aliphatic carbocycles. The van der Waals surface area contributed by atoms with Gasteiger partial charge in [0.1, 0.15) is 17.5 Å². The van der Waals surface area contributed by atoms with Crippen molar-refractivity contribution in [3.8, 4) is 0 Å². The molecule has 0 radical (unpaired) electrons. The number of ketones is 2. The van der Waals surface area contributed by atoms with Crippen LogP contribution in [-0.4, -0.2) is 17.7 Å². The molecule has 0 saturated carbocycles. The van der Waals surface area contributed by atoms with Gasteiger partial charge in [-0.25, -0.2) is 0 Å². The quantitative estimate of drug-likeness (QED) is 0.650. The van der Waals surface area contributed by atoms with Gasteiger partial charge in [-0.3, -0.25) is 4.79 Å². The lowest BCUT2D eigenvalue weighted by Crippen LogP contribution is -2.29. The van der Waals surface area contributed by atoms with Crippen LogP contribution in [0.15, 0.2) is 0 Å². The molecule has 0 aliphatic rings. The molecule has 0 aromatic rings. The van der Waals surface area contributed by atoms with E-state index in [1.165, 1.54) is 6.92 Å². The summed E-state index contributed by atoms with van der Waals surface area (Å²) >= 11 is 0. The summed E-state index contributed by atoms with van der Waals surface area (Å²) < 4.78 is 36.8. The topological polar surface area (TPSA) is 34.1 Å². The first-order valence-electron chi connectivity index (χ1n) is 4.81. The molecule has 1 unspecified atom stereocenters. The van der Waals surface area contributed by atoms with Crippen molar-refractivity contribution in [1.82, 2.24) is 0 Å². The second-order valence-electron chi connectivity index (χ2n) is 3.65. The molecule has 88 valence electrons. The lowest BCUT2D eigenvalue weighted by atomic mass is 9.96. The molecule has 1 atom stereocenters. The number of unbranched alkanes of at least 4 members (excludes halogenated alkanes) is 1. The molecule has 0 amide bonds. The van der Waals surface area contributed by atoms with E-state index in [1.54, 1.807) is 0 Å². The van der Waals surface area contributed by atoms with Crippen molar-refractivity contribution >= 4 is 11.6 Å². The second-order valence-corrected chi connectivity index (χ2v) is 3.65. The van der Waals surface area contributed by atoms with Crippen molar-refractivity contribution in [3.05, 3.63) is 0 Å². The van der Waals surface area contributed by atoms with Crippen LogP contribution in [0.2, 0.25) is 0 Å². The van der Waals surface area contributed by atoms with Crippen LogP contribution in [0, 0.1) is 5.92 Å². The van der Waals surface area contributed by atoms with Gasteiger partial charge in [0.25, 0.3) is 0 Å². The molecule has 0 aliphatic heterocycles. The number of Topliss-reactive ketones (excluding diaryl/α,β-unsaturated/α-hetero) is 2. The fraction of sp³-hybridized carbons (Fsp3) is 0.800. The van der Waals surface area contributed by atoms with E-state index >= 15 is 0 Å². The third kappa shape index (κ3) is 6.25. The van der Waals surface area contributed by atoms with Gasteiger partial charge in [0.15, 0.2) is 0 Å². The summed E-state index contributed by atoms with van der Waals surface area (Å²) in [5.41, 5.74) is 0. The molecule has 5 heteroatoms. The Morgan fingerprint density at radius 3 is 2.00 bits per heavy atom. The largest absolute Gasteiger partial charge is 0.398 e. The van der Waals surface area contributed by atoms with Crippen LogP contribution in [0.3, 0.4) is 0 Å². The fourth-order valence-corrected chi connectivity index (χ4v) is 1.32. The summed E-state index contributed by atoms with van der Waals surface area (Å²) in [5, 5.41) is 0. The lowest BCUT2D eigenvalue weighted by Gasteiger charge is -2.16. The maximum atomic E-state index is 12.3. The maximum absolute atomic E-state index is 12.3. The third-order valence-electron chi connectivity index (χ3n) is 2.16. The highest BCUT2D eigenvalue weighted by atomic mass is 19.4. The predicted octanol–water partition coefficient (Wildman–Crippen LogP) is 2.90. The number of hydrogen-bond donors (Lipinski definition) is 0. The van der Waals surface area contributed by atoms with Gasteiger partial charge in [0.2, 0.25) is 0 Å². The van der Waals surface area contributed by atoms with E-state index in [1.807, 2.05) is 0 Å². The molecule has 0 N–H and O–H groups in total. The van der Waals surface area contributed by atoms with Crippen molar-refractivity contribution in [2.75, 3.05) is 0 Å². The average molecular weight is 224 g/mol. The minimum atomic E-state index is -4.46. The highest BCUT2D eigenvalue weighted by Gasteiger charge is 2.41. The van der Waals surface area contributed by atoms with E-state index in [2.05, 4.69) is 0 Å². The zero-order valence-electron chi connectivity index (χ0n) is 8.86. The molecule has 0 fully saturated rings. The van der Waals surface area contributed by atoms with Crippen LogP contribution >= 0.6 is 0 Å². The molecule has 0 saturated heterocycles. The van der Waals surface area contributed by atoms with Crippen molar-refractivity contribution in [2.45, 2.75) is 45.7 Å². The Balaban J connectivity index is 3.99. The van der Waals surface area contributed by atoms with Gasteiger partial charge >= 0.3 is 6.18 Å². The highest BCUT2D eigenvalue weighted by Crippen LogP contribution is 2.30.